The molecule has 0 radical (unpaired) electrons. The Hall–Kier alpha value is -3.08. The van der Waals surface area contributed by atoms with Crippen LogP contribution in [0.15, 0.2) is 54.1 Å². The van der Waals surface area contributed by atoms with E-state index in [0.29, 0.717) is 16.9 Å². The number of ether oxygens (including phenoxy) is 3. The molecule has 0 bridgehead atoms. The van der Waals surface area contributed by atoms with Crippen molar-refractivity contribution in [3.05, 3.63) is 65.2 Å². The smallest absolute Gasteiger partial charge is 0.342 e. The molecule has 1 aliphatic heterocycles. The highest BCUT2D eigenvalue weighted by Gasteiger charge is 2.19. The van der Waals surface area contributed by atoms with E-state index in [0.717, 1.165) is 11.3 Å². The van der Waals surface area contributed by atoms with Gasteiger partial charge in [-0.15, -0.1) is 0 Å². The van der Waals surface area contributed by atoms with Crippen LogP contribution in [0.5, 0.6) is 11.5 Å². The maximum Gasteiger partial charge on any atom is 0.342 e. The number of hydrogen-bond acceptors (Lipinski definition) is 5. The molecule has 5 nitrogen and oxygen atoms in total. The van der Waals surface area contributed by atoms with Crippen LogP contribution in [0.2, 0.25) is 0 Å². The Morgan fingerprint density at radius 3 is 2.48 bits per heavy atom. The van der Waals surface area contributed by atoms with Gasteiger partial charge in [-0.3, -0.25) is 0 Å². The lowest BCUT2D eigenvalue weighted by Gasteiger charge is -2.16. The third-order valence-electron chi connectivity index (χ3n) is 3.38. The maximum absolute atomic E-state index is 12.2. The zero-order chi connectivity index (χ0) is 16.2. The minimum Gasteiger partial charge on any atom is -0.488 e. The molecule has 3 rings (SSSR count). The van der Waals surface area contributed by atoms with E-state index in [2.05, 4.69) is 4.74 Å². The third kappa shape index (κ3) is 3.23. The van der Waals surface area contributed by atoms with Crippen LogP contribution in [0.4, 0.5) is 0 Å². The van der Waals surface area contributed by atoms with Crippen molar-refractivity contribution < 1.29 is 23.8 Å². The summed E-state index contributed by atoms with van der Waals surface area (Å²) in [6, 6.07) is 13.6. The number of esters is 2. The molecule has 116 valence electrons. The Balaban J connectivity index is 1.73. The van der Waals surface area contributed by atoms with E-state index in [-0.39, 0.29) is 6.61 Å². The van der Waals surface area contributed by atoms with Gasteiger partial charge in [0.15, 0.2) is 0 Å². The van der Waals surface area contributed by atoms with E-state index in [1.807, 2.05) is 24.3 Å². The van der Waals surface area contributed by atoms with Crippen molar-refractivity contribution in [2.75, 3.05) is 13.7 Å². The standard InChI is InChI=1S/C18H14O5/c1-21-17(19)12-6-8-15(9-7-12)23-18(20)14-10-13-4-2-3-5-16(13)22-11-14/h2-10H,11H2,1H3. The molecule has 2 aromatic carbocycles. The van der Waals surface area contributed by atoms with Crippen LogP contribution in [0.25, 0.3) is 6.08 Å². The minimum atomic E-state index is -0.481. The van der Waals surface area contributed by atoms with E-state index in [9.17, 15) is 9.59 Å². The van der Waals surface area contributed by atoms with Gasteiger partial charge >= 0.3 is 11.9 Å². The van der Waals surface area contributed by atoms with E-state index in [1.165, 1.54) is 19.2 Å². The third-order valence-corrected chi connectivity index (χ3v) is 3.38. The van der Waals surface area contributed by atoms with Gasteiger partial charge in [0.05, 0.1) is 18.2 Å². The molecule has 0 aromatic heterocycles. The summed E-state index contributed by atoms with van der Waals surface area (Å²) in [5.41, 5.74) is 1.66. The summed E-state index contributed by atoms with van der Waals surface area (Å²) in [4.78, 5) is 23.5. The van der Waals surface area contributed by atoms with Crippen LogP contribution in [-0.4, -0.2) is 25.7 Å². The molecule has 23 heavy (non-hydrogen) atoms. The van der Waals surface area contributed by atoms with Crippen molar-refractivity contribution in [1.29, 1.82) is 0 Å². The highest BCUT2D eigenvalue weighted by Crippen LogP contribution is 2.26. The number of rotatable bonds is 3. The summed E-state index contributed by atoms with van der Waals surface area (Å²) in [6.45, 7) is 0.163. The first kappa shape index (κ1) is 14.8. The molecular weight excluding hydrogens is 296 g/mol. The summed E-state index contributed by atoms with van der Waals surface area (Å²) in [6.07, 6.45) is 1.75. The minimum absolute atomic E-state index is 0.163. The predicted octanol–water partition coefficient (Wildman–Crippen LogP) is 2.85. The number of para-hydroxylation sites is 1. The fraction of sp³-hybridized carbons (Fsp3) is 0.111. The second kappa shape index (κ2) is 6.36. The second-order valence-corrected chi connectivity index (χ2v) is 4.90. The van der Waals surface area contributed by atoms with E-state index in [1.54, 1.807) is 18.2 Å². The SMILES string of the molecule is COC(=O)c1ccc(OC(=O)C2=Cc3ccccc3OC2)cc1. The predicted molar refractivity (Wildman–Crippen MR) is 83.3 cm³/mol. The molecular formula is C18H14O5. The van der Waals surface area contributed by atoms with Crippen molar-refractivity contribution in [3.63, 3.8) is 0 Å². The van der Waals surface area contributed by atoms with Gasteiger partial charge in [-0.05, 0) is 36.4 Å². The van der Waals surface area contributed by atoms with E-state index >= 15 is 0 Å². The first-order valence-electron chi connectivity index (χ1n) is 7.00. The van der Waals surface area contributed by atoms with Gasteiger partial charge in [-0.1, -0.05) is 18.2 Å². The van der Waals surface area contributed by atoms with Crippen LogP contribution in [0.3, 0.4) is 0 Å². The zero-order valence-corrected chi connectivity index (χ0v) is 12.4. The normalized spacial score (nSPS) is 12.5. The topological polar surface area (TPSA) is 61.8 Å². The maximum atomic E-state index is 12.2. The second-order valence-electron chi connectivity index (χ2n) is 4.90. The Morgan fingerprint density at radius 2 is 1.74 bits per heavy atom. The molecule has 5 heteroatoms. The molecule has 1 aliphatic rings. The molecule has 0 spiro atoms. The first-order chi connectivity index (χ1) is 11.2. The molecule has 0 saturated heterocycles. The number of carbonyl (C=O) groups excluding carboxylic acids is 2. The number of methoxy groups -OCH3 is 1. The number of benzene rings is 2. The highest BCUT2D eigenvalue weighted by atomic mass is 16.5. The first-order valence-corrected chi connectivity index (χ1v) is 7.00. The Morgan fingerprint density at radius 1 is 1.00 bits per heavy atom. The number of hydrogen-bond donors (Lipinski definition) is 0. The van der Waals surface area contributed by atoms with Crippen molar-refractivity contribution in [1.82, 2.24) is 0 Å². The monoisotopic (exact) mass is 310 g/mol. The van der Waals surface area contributed by atoms with Gasteiger partial charge < -0.3 is 14.2 Å². The summed E-state index contributed by atoms with van der Waals surface area (Å²) < 4.78 is 15.4. The van der Waals surface area contributed by atoms with Crippen LogP contribution in [0.1, 0.15) is 15.9 Å². The van der Waals surface area contributed by atoms with Crippen LogP contribution in [0, 0.1) is 0 Å². The molecule has 0 amide bonds. The molecule has 0 N–H and O–H groups in total. The molecule has 0 saturated carbocycles. The zero-order valence-electron chi connectivity index (χ0n) is 12.4. The van der Waals surface area contributed by atoms with Gasteiger partial charge in [0, 0.05) is 5.56 Å². The summed E-state index contributed by atoms with van der Waals surface area (Å²) >= 11 is 0. The molecule has 0 unspecified atom stereocenters. The Kier molecular flexibility index (Phi) is 4.10. The van der Waals surface area contributed by atoms with Gasteiger partial charge in [0.1, 0.15) is 18.1 Å². The largest absolute Gasteiger partial charge is 0.488 e. The van der Waals surface area contributed by atoms with Crippen molar-refractivity contribution in [3.8, 4) is 11.5 Å². The van der Waals surface area contributed by atoms with Crippen LogP contribution in [-0.2, 0) is 9.53 Å². The van der Waals surface area contributed by atoms with Crippen molar-refractivity contribution in [2.24, 2.45) is 0 Å². The summed E-state index contributed by atoms with van der Waals surface area (Å²) in [5, 5.41) is 0. The lowest BCUT2D eigenvalue weighted by Crippen LogP contribution is -2.19. The molecule has 0 atom stereocenters. The molecule has 1 heterocycles. The van der Waals surface area contributed by atoms with Crippen molar-refractivity contribution >= 4 is 18.0 Å². The average molecular weight is 310 g/mol. The number of fused-ring (bicyclic) bond motifs is 1. The van der Waals surface area contributed by atoms with Crippen molar-refractivity contribution in [2.45, 2.75) is 0 Å². The lowest BCUT2D eigenvalue weighted by molar-refractivity contribution is -0.130. The molecule has 0 fully saturated rings. The van der Waals surface area contributed by atoms with Gasteiger partial charge in [0.25, 0.3) is 0 Å². The average Bonchev–Trinajstić information content (AvgIpc) is 2.61. The molecule has 0 aliphatic carbocycles. The Bertz CT molecular complexity index is 774. The number of carbonyl (C=O) groups is 2. The highest BCUT2D eigenvalue weighted by molar-refractivity contribution is 5.96. The summed E-state index contributed by atoms with van der Waals surface area (Å²) in [7, 11) is 1.31. The van der Waals surface area contributed by atoms with Gasteiger partial charge in [0.2, 0.25) is 0 Å². The van der Waals surface area contributed by atoms with E-state index < -0.39 is 11.9 Å². The summed E-state index contributed by atoms with van der Waals surface area (Å²) in [5.74, 6) is 0.169. The van der Waals surface area contributed by atoms with Crippen LogP contribution >= 0.6 is 0 Å². The fourth-order valence-electron chi connectivity index (χ4n) is 2.18. The van der Waals surface area contributed by atoms with Gasteiger partial charge in [-0.2, -0.15) is 0 Å². The van der Waals surface area contributed by atoms with Gasteiger partial charge in [-0.25, -0.2) is 9.59 Å². The quantitative estimate of drug-likeness (QED) is 0.644. The van der Waals surface area contributed by atoms with Crippen LogP contribution < -0.4 is 9.47 Å². The van der Waals surface area contributed by atoms with E-state index in [4.69, 9.17) is 9.47 Å². The fourth-order valence-corrected chi connectivity index (χ4v) is 2.18. The Labute approximate surface area is 133 Å². The molecule has 2 aromatic rings. The lowest BCUT2D eigenvalue weighted by atomic mass is 10.1.